The number of carbonyl (C=O) groups excluding carboxylic acids is 1. The van der Waals surface area contributed by atoms with E-state index < -0.39 is 6.49 Å². The number of likely N-dealkylation sites (tertiary alicyclic amines) is 1. The van der Waals surface area contributed by atoms with Gasteiger partial charge >= 0.3 is 6.09 Å². The van der Waals surface area contributed by atoms with Crippen molar-refractivity contribution in [2.45, 2.75) is 59.5 Å². The molecule has 0 aromatic heterocycles. The molecule has 23 heavy (non-hydrogen) atoms. The van der Waals surface area contributed by atoms with Crippen LogP contribution in [0.4, 0.5) is 4.79 Å². The van der Waals surface area contributed by atoms with Gasteiger partial charge in [0.05, 0.1) is 18.9 Å². The Labute approximate surface area is 146 Å². The molecule has 1 amide bonds. The Morgan fingerprint density at radius 3 is 2.09 bits per heavy atom. The molecule has 0 aromatic carbocycles. The van der Waals surface area contributed by atoms with Gasteiger partial charge in [0.25, 0.3) is 0 Å². The summed E-state index contributed by atoms with van der Waals surface area (Å²) in [5, 5.41) is 0. The molecule has 1 aliphatic heterocycles. The first-order valence-electron chi connectivity index (χ1n) is 8.55. The molecule has 0 aliphatic carbocycles. The van der Waals surface area contributed by atoms with Gasteiger partial charge in [-0.3, -0.25) is 0 Å². The molecule has 7 heteroatoms. The quantitative estimate of drug-likeness (QED) is 0.626. The zero-order chi connectivity index (χ0) is 17.5. The van der Waals surface area contributed by atoms with Crippen LogP contribution in [0, 0.1) is 5.41 Å². The van der Waals surface area contributed by atoms with E-state index >= 15 is 0 Å². The number of hydrogen-bond acceptors (Lipinski definition) is 5. The smallest absolute Gasteiger partial charge is 0.409 e. The molecule has 0 N–H and O–H groups in total. The molecule has 0 aromatic rings. The van der Waals surface area contributed by atoms with E-state index in [9.17, 15) is 4.79 Å². The molecular formula is C16H32NO4PS. The third-order valence-corrected chi connectivity index (χ3v) is 8.30. The Bertz CT molecular complexity index is 409. The summed E-state index contributed by atoms with van der Waals surface area (Å²) >= 11 is 5.74. The first-order valence-corrected chi connectivity index (χ1v) is 11.3. The maximum Gasteiger partial charge on any atom is 0.409 e. The van der Waals surface area contributed by atoms with E-state index in [1.807, 2.05) is 13.8 Å². The van der Waals surface area contributed by atoms with Crippen molar-refractivity contribution in [2.75, 3.05) is 32.9 Å². The molecule has 0 radical (unpaired) electrons. The second-order valence-corrected chi connectivity index (χ2v) is 10.6. The molecule has 1 aliphatic rings. The van der Waals surface area contributed by atoms with Crippen LogP contribution in [0.15, 0.2) is 0 Å². The predicted octanol–water partition coefficient (Wildman–Crippen LogP) is 4.41. The van der Waals surface area contributed by atoms with Gasteiger partial charge in [0.15, 0.2) is 6.49 Å². The van der Waals surface area contributed by atoms with E-state index in [1.165, 1.54) is 6.42 Å². The fraction of sp³-hybridized carbons (Fsp3) is 0.938. The predicted molar refractivity (Wildman–Crippen MR) is 97.6 cm³/mol. The molecule has 1 saturated heterocycles. The molecule has 0 bridgehead atoms. The van der Waals surface area contributed by atoms with Crippen LogP contribution in [-0.2, 0) is 25.6 Å². The third-order valence-electron chi connectivity index (χ3n) is 3.98. The number of nitrogens with zero attached hydrogens (tertiary/aromatic N) is 1. The Balaban J connectivity index is 2.78. The van der Waals surface area contributed by atoms with Crippen molar-refractivity contribution in [2.24, 2.45) is 5.41 Å². The van der Waals surface area contributed by atoms with Crippen LogP contribution in [0.2, 0.25) is 0 Å². The van der Waals surface area contributed by atoms with Gasteiger partial charge in [0, 0.05) is 13.1 Å². The van der Waals surface area contributed by atoms with Gasteiger partial charge in [-0.15, -0.1) is 0 Å². The van der Waals surface area contributed by atoms with Crippen molar-refractivity contribution >= 4 is 24.4 Å². The number of carbonyl (C=O) groups is 1. The van der Waals surface area contributed by atoms with Crippen molar-refractivity contribution in [3.63, 3.8) is 0 Å². The van der Waals surface area contributed by atoms with E-state index in [-0.39, 0.29) is 23.8 Å². The highest BCUT2D eigenvalue weighted by atomic mass is 32.5. The number of ether oxygens (including phenoxy) is 1. The fourth-order valence-electron chi connectivity index (χ4n) is 2.71. The van der Waals surface area contributed by atoms with Gasteiger partial charge in [-0.1, -0.05) is 20.8 Å². The van der Waals surface area contributed by atoms with Crippen molar-refractivity contribution in [1.29, 1.82) is 0 Å². The number of rotatable bonds is 7. The first-order chi connectivity index (χ1) is 10.7. The summed E-state index contributed by atoms with van der Waals surface area (Å²) in [6, 6.07) is 0. The normalized spacial score (nSPS) is 17.9. The molecule has 1 rings (SSSR count). The molecule has 1 fully saturated rings. The van der Waals surface area contributed by atoms with Crippen LogP contribution in [0.25, 0.3) is 0 Å². The maximum atomic E-state index is 12.3. The van der Waals surface area contributed by atoms with Gasteiger partial charge in [-0.25, -0.2) is 4.79 Å². The van der Waals surface area contributed by atoms with Crippen LogP contribution in [-0.4, -0.2) is 49.6 Å². The second-order valence-electron chi connectivity index (χ2n) is 6.88. The van der Waals surface area contributed by atoms with Crippen molar-refractivity contribution in [3.05, 3.63) is 0 Å². The van der Waals surface area contributed by atoms with Gasteiger partial charge in [0.2, 0.25) is 0 Å². The summed E-state index contributed by atoms with van der Waals surface area (Å²) in [5.74, 6) is 0. The van der Waals surface area contributed by atoms with Gasteiger partial charge < -0.3 is 18.7 Å². The minimum absolute atomic E-state index is 0.126. The molecule has 1 atom stereocenters. The third kappa shape index (κ3) is 6.33. The molecule has 5 nitrogen and oxygen atoms in total. The second kappa shape index (κ2) is 9.36. The lowest BCUT2D eigenvalue weighted by Gasteiger charge is -2.38. The lowest BCUT2D eigenvalue weighted by Crippen LogP contribution is -2.39. The molecule has 1 unspecified atom stereocenters. The summed E-state index contributed by atoms with van der Waals surface area (Å²) in [6.45, 7) is 10.4. The molecule has 1 heterocycles. The average Bonchev–Trinajstić information content (AvgIpc) is 2.47. The Hall–Kier alpha value is -0.160. The standard InChI is InChI=1S/C16H32NO4PS/c1-6-20-22(23,21-7-2)14(16(3,4)5)13-19-15(18)17-11-9-8-10-12-17/h14H,6-13H2,1-5H3. The number of piperidine rings is 1. The lowest BCUT2D eigenvalue weighted by molar-refractivity contribution is 0.0835. The van der Waals surface area contributed by atoms with Crippen LogP contribution < -0.4 is 0 Å². The first kappa shape index (κ1) is 20.9. The van der Waals surface area contributed by atoms with Crippen molar-refractivity contribution < 1.29 is 18.6 Å². The van der Waals surface area contributed by atoms with Crippen LogP contribution in [0.5, 0.6) is 0 Å². The van der Waals surface area contributed by atoms with Crippen molar-refractivity contribution in [1.82, 2.24) is 4.90 Å². The van der Waals surface area contributed by atoms with Crippen LogP contribution >= 0.6 is 6.49 Å². The minimum atomic E-state index is -2.51. The van der Waals surface area contributed by atoms with Gasteiger partial charge in [-0.05, 0) is 50.3 Å². The average molecular weight is 365 g/mol. The summed E-state index contributed by atoms with van der Waals surface area (Å²) in [7, 11) is 0. The molecular weight excluding hydrogens is 333 g/mol. The Kier molecular flexibility index (Phi) is 8.50. The SMILES string of the molecule is CCOP(=S)(OCC)C(COC(=O)N1CCCCC1)C(C)(C)C. The van der Waals surface area contributed by atoms with Gasteiger partial charge in [-0.2, -0.15) is 0 Å². The summed E-state index contributed by atoms with van der Waals surface area (Å²) < 4.78 is 17.3. The zero-order valence-electron chi connectivity index (χ0n) is 15.2. The minimum Gasteiger partial charge on any atom is -0.449 e. The van der Waals surface area contributed by atoms with E-state index in [0.717, 1.165) is 25.9 Å². The fourth-order valence-corrected chi connectivity index (χ4v) is 6.83. The Morgan fingerprint density at radius 1 is 1.13 bits per heavy atom. The lowest BCUT2D eigenvalue weighted by atomic mass is 9.92. The van der Waals surface area contributed by atoms with E-state index in [1.54, 1.807) is 4.90 Å². The molecule has 0 spiro atoms. The summed E-state index contributed by atoms with van der Waals surface area (Å²) in [6.07, 6.45) is 3.04. The highest BCUT2D eigenvalue weighted by Crippen LogP contribution is 2.58. The van der Waals surface area contributed by atoms with Crippen molar-refractivity contribution in [3.8, 4) is 0 Å². The molecule has 136 valence electrons. The summed E-state index contributed by atoms with van der Waals surface area (Å²) in [5.41, 5.74) is -0.291. The largest absolute Gasteiger partial charge is 0.449 e. The Morgan fingerprint density at radius 2 is 1.65 bits per heavy atom. The zero-order valence-corrected chi connectivity index (χ0v) is 16.9. The highest BCUT2D eigenvalue weighted by molar-refractivity contribution is 8.10. The monoisotopic (exact) mass is 365 g/mol. The van der Waals surface area contributed by atoms with Gasteiger partial charge in [0.1, 0.15) is 6.61 Å². The number of hydrogen-bond donors (Lipinski definition) is 0. The van der Waals surface area contributed by atoms with Crippen LogP contribution in [0.3, 0.4) is 0 Å². The maximum absolute atomic E-state index is 12.3. The summed E-state index contributed by atoms with van der Waals surface area (Å²) in [4.78, 5) is 14.1. The highest BCUT2D eigenvalue weighted by Gasteiger charge is 2.40. The number of amides is 1. The molecule has 0 saturated carbocycles. The van der Waals surface area contributed by atoms with E-state index in [4.69, 9.17) is 25.6 Å². The topological polar surface area (TPSA) is 48.0 Å². The van der Waals surface area contributed by atoms with Crippen LogP contribution in [0.1, 0.15) is 53.9 Å². The van der Waals surface area contributed by atoms with E-state index in [2.05, 4.69) is 20.8 Å². The van der Waals surface area contributed by atoms with E-state index in [0.29, 0.717) is 13.2 Å².